The highest BCUT2D eigenvalue weighted by Crippen LogP contribution is 2.38. The van der Waals surface area contributed by atoms with E-state index in [0.29, 0.717) is 0 Å². The predicted molar refractivity (Wildman–Crippen MR) is 110 cm³/mol. The molecule has 4 nitrogen and oxygen atoms in total. The van der Waals surface area contributed by atoms with Crippen molar-refractivity contribution in [1.29, 1.82) is 0 Å². The molecule has 26 heavy (non-hydrogen) atoms. The van der Waals surface area contributed by atoms with Crippen LogP contribution in [0.15, 0.2) is 42.6 Å². The third-order valence-corrected chi connectivity index (χ3v) is 5.96. The minimum atomic E-state index is -0.0462. The SMILES string of the molecule is Clc1cc(NC2Nc3ccc(C4CCCCC4)cc3N2)cc2[nH]ccc12. The second-order valence-corrected chi connectivity index (χ2v) is 7.81. The van der Waals surface area contributed by atoms with Gasteiger partial charge in [0.2, 0.25) is 0 Å². The summed E-state index contributed by atoms with van der Waals surface area (Å²) in [7, 11) is 0. The molecule has 5 rings (SSSR count). The summed E-state index contributed by atoms with van der Waals surface area (Å²) in [5.41, 5.74) is 5.81. The minimum absolute atomic E-state index is 0.0462. The van der Waals surface area contributed by atoms with E-state index in [1.54, 1.807) is 0 Å². The van der Waals surface area contributed by atoms with Crippen LogP contribution in [0.1, 0.15) is 43.6 Å². The zero-order valence-electron chi connectivity index (χ0n) is 14.6. The lowest BCUT2D eigenvalue weighted by Gasteiger charge is -2.22. The molecule has 1 fully saturated rings. The van der Waals surface area contributed by atoms with Crippen molar-refractivity contribution in [1.82, 2.24) is 4.98 Å². The van der Waals surface area contributed by atoms with Crippen LogP contribution in [-0.2, 0) is 0 Å². The van der Waals surface area contributed by atoms with Crippen molar-refractivity contribution < 1.29 is 0 Å². The van der Waals surface area contributed by atoms with Gasteiger partial charge in [-0.15, -0.1) is 0 Å². The Hall–Kier alpha value is -2.33. The zero-order valence-corrected chi connectivity index (χ0v) is 15.4. The molecule has 1 aliphatic carbocycles. The number of halogens is 1. The topological polar surface area (TPSA) is 51.9 Å². The Bertz CT molecular complexity index is 942. The summed E-state index contributed by atoms with van der Waals surface area (Å²) in [6.45, 7) is 0. The number of hydrogen-bond acceptors (Lipinski definition) is 3. The molecular weight excluding hydrogens is 344 g/mol. The van der Waals surface area contributed by atoms with Crippen molar-refractivity contribution in [2.75, 3.05) is 16.0 Å². The van der Waals surface area contributed by atoms with Gasteiger partial charge in [0.05, 0.1) is 16.4 Å². The first-order valence-corrected chi connectivity index (χ1v) is 9.84. The fourth-order valence-electron chi connectivity index (χ4n) is 4.29. The summed E-state index contributed by atoms with van der Waals surface area (Å²) in [5, 5.41) is 12.3. The first-order chi connectivity index (χ1) is 12.8. The highest BCUT2D eigenvalue weighted by Gasteiger charge is 2.22. The van der Waals surface area contributed by atoms with Gasteiger partial charge < -0.3 is 20.9 Å². The van der Waals surface area contributed by atoms with Gasteiger partial charge in [-0.2, -0.15) is 0 Å². The van der Waals surface area contributed by atoms with Crippen LogP contribution in [0.3, 0.4) is 0 Å². The molecule has 0 saturated heterocycles. The molecule has 4 N–H and O–H groups in total. The first-order valence-electron chi connectivity index (χ1n) is 9.46. The molecule has 0 radical (unpaired) electrons. The second kappa shape index (κ2) is 6.44. The maximum Gasteiger partial charge on any atom is 0.173 e. The molecular formula is C21H23ClN4. The lowest BCUT2D eigenvalue weighted by atomic mass is 9.84. The lowest BCUT2D eigenvalue weighted by Crippen LogP contribution is -2.31. The van der Waals surface area contributed by atoms with E-state index in [4.69, 9.17) is 11.6 Å². The van der Waals surface area contributed by atoms with Gasteiger partial charge in [0.15, 0.2) is 6.29 Å². The highest BCUT2D eigenvalue weighted by atomic mass is 35.5. The number of hydrogen-bond donors (Lipinski definition) is 4. The molecule has 0 bridgehead atoms. The smallest absolute Gasteiger partial charge is 0.173 e. The summed E-state index contributed by atoms with van der Waals surface area (Å²) < 4.78 is 0. The number of H-pyrrole nitrogens is 1. The average Bonchev–Trinajstić information content (AvgIpc) is 3.28. The number of nitrogens with one attached hydrogen (secondary N) is 4. The molecule has 1 aromatic heterocycles. The van der Waals surface area contributed by atoms with Crippen LogP contribution in [-0.4, -0.2) is 11.3 Å². The van der Waals surface area contributed by atoms with E-state index in [-0.39, 0.29) is 6.29 Å². The summed E-state index contributed by atoms with van der Waals surface area (Å²) >= 11 is 6.38. The molecule has 1 atom stereocenters. The van der Waals surface area contributed by atoms with Crippen molar-refractivity contribution >= 4 is 39.6 Å². The number of fused-ring (bicyclic) bond motifs is 2. The van der Waals surface area contributed by atoms with Gasteiger partial charge in [-0.3, -0.25) is 0 Å². The van der Waals surface area contributed by atoms with Gasteiger partial charge in [-0.25, -0.2) is 0 Å². The van der Waals surface area contributed by atoms with E-state index in [2.05, 4.69) is 45.2 Å². The van der Waals surface area contributed by atoms with Crippen molar-refractivity contribution in [3.8, 4) is 0 Å². The van der Waals surface area contributed by atoms with E-state index in [1.807, 2.05) is 18.3 Å². The van der Waals surface area contributed by atoms with Crippen molar-refractivity contribution in [2.45, 2.75) is 44.3 Å². The molecule has 2 aliphatic rings. The number of benzene rings is 2. The molecule has 0 spiro atoms. The number of aromatic amines is 1. The van der Waals surface area contributed by atoms with Crippen molar-refractivity contribution in [3.63, 3.8) is 0 Å². The monoisotopic (exact) mass is 366 g/mol. The normalized spacial score (nSPS) is 19.8. The van der Waals surface area contributed by atoms with Crippen LogP contribution in [0, 0.1) is 0 Å². The third kappa shape index (κ3) is 2.88. The molecule has 1 aliphatic heterocycles. The Balaban J connectivity index is 1.33. The number of rotatable bonds is 3. The Morgan fingerprint density at radius 2 is 1.77 bits per heavy atom. The molecule has 1 saturated carbocycles. The Kier molecular flexibility index (Phi) is 3.93. The fourth-order valence-corrected chi connectivity index (χ4v) is 4.57. The fraction of sp³-hybridized carbons (Fsp3) is 0.333. The van der Waals surface area contributed by atoms with E-state index in [9.17, 15) is 0 Å². The quantitative estimate of drug-likeness (QED) is 0.453. The largest absolute Gasteiger partial charge is 0.361 e. The Morgan fingerprint density at radius 1 is 0.923 bits per heavy atom. The van der Waals surface area contributed by atoms with Gasteiger partial charge >= 0.3 is 0 Å². The number of aromatic nitrogens is 1. The van der Waals surface area contributed by atoms with E-state index in [1.165, 1.54) is 43.4 Å². The Morgan fingerprint density at radius 3 is 2.65 bits per heavy atom. The van der Waals surface area contributed by atoms with Crippen LogP contribution >= 0.6 is 11.6 Å². The third-order valence-electron chi connectivity index (χ3n) is 5.65. The maximum absolute atomic E-state index is 6.38. The van der Waals surface area contributed by atoms with Crippen LogP contribution in [0.4, 0.5) is 17.1 Å². The molecule has 2 heterocycles. The second-order valence-electron chi connectivity index (χ2n) is 7.40. The molecule has 1 unspecified atom stereocenters. The van der Waals surface area contributed by atoms with Gasteiger partial charge in [0.1, 0.15) is 0 Å². The van der Waals surface area contributed by atoms with Crippen molar-refractivity contribution in [2.24, 2.45) is 0 Å². The first kappa shape index (κ1) is 15.9. The van der Waals surface area contributed by atoms with Crippen LogP contribution < -0.4 is 16.0 Å². The van der Waals surface area contributed by atoms with Gasteiger partial charge in [-0.05, 0) is 54.7 Å². The molecule has 3 aromatic rings. The molecule has 2 aromatic carbocycles. The van der Waals surface area contributed by atoms with Crippen LogP contribution in [0.5, 0.6) is 0 Å². The molecule has 0 amide bonds. The molecule has 5 heteroatoms. The van der Waals surface area contributed by atoms with E-state index < -0.39 is 0 Å². The van der Waals surface area contributed by atoms with Gasteiger partial charge in [-0.1, -0.05) is 36.9 Å². The van der Waals surface area contributed by atoms with Crippen LogP contribution in [0.2, 0.25) is 5.02 Å². The predicted octanol–water partition coefficient (Wildman–Crippen LogP) is 6.10. The zero-order chi connectivity index (χ0) is 17.5. The average molecular weight is 367 g/mol. The highest BCUT2D eigenvalue weighted by molar-refractivity contribution is 6.35. The summed E-state index contributed by atoms with van der Waals surface area (Å²) in [6, 6.07) is 12.9. The van der Waals surface area contributed by atoms with Crippen molar-refractivity contribution in [3.05, 3.63) is 53.2 Å². The summed E-state index contributed by atoms with van der Waals surface area (Å²) in [5.74, 6) is 0.719. The Labute approximate surface area is 158 Å². The summed E-state index contributed by atoms with van der Waals surface area (Å²) in [4.78, 5) is 3.22. The van der Waals surface area contributed by atoms with Gasteiger partial charge in [0.25, 0.3) is 0 Å². The van der Waals surface area contributed by atoms with Gasteiger partial charge in [0, 0.05) is 22.8 Å². The summed E-state index contributed by atoms with van der Waals surface area (Å²) in [6.07, 6.45) is 8.62. The van der Waals surface area contributed by atoms with Crippen LogP contribution in [0.25, 0.3) is 10.9 Å². The maximum atomic E-state index is 6.38. The van der Waals surface area contributed by atoms with E-state index >= 15 is 0 Å². The van der Waals surface area contributed by atoms with E-state index in [0.717, 1.165) is 33.2 Å². The molecule has 134 valence electrons. The lowest BCUT2D eigenvalue weighted by molar-refractivity contribution is 0.444. The standard InChI is InChI=1S/C21H23ClN4/c22-17-11-15(12-19-16(17)8-9-23-19)24-21-25-18-7-6-14(10-20(18)26-21)13-4-2-1-3-5-13/h6-13,21,23-26H,1-5H2. The number of anilines is 3. The minimum Gasteiger partial charge on any atom is -0.361 e.